The smallest absolute Gasteiger partial charge is 0.216 e. The highest BCUT2D eigenvalue weighted by molar-refractivity contribution is 7.88. The third-order valence-corrected chi connectivity index (χ3v) is 5.39. The van der Waals surface area contributed by atoms with Gasteiger partial charge in [-0.1, -0.05) is 38.0 Å². The van der Waals surface area contributed by atoms with E-state index in [9.17, 15) is 8.42 Å². The zero-order chi connectivity index (χ0) is 14.6. The maximum Gasteiger partial charge on any atom is 0.216 e. The Morgan fingerprint density at radius 1 is 1.20 bits per heavy atom. The summed E-state index contributed by atoms with van der Waals surface area (Å²) in [6.45, 7) is 2.24. The summed E-state index contributed by atoms with van der Waals surface area (Å²) in [5.41, 5.74) is 7.01. The quantitative estimate of drug-likeness (QED) is 0.663. The molecule has 0 heterocycles. The van der Waals surface area contributed by atoms with Gasteiger partial charge >= 0.3 is 0 Å². The van der Waals surface area contributed by atoms with Gasteiger partial charge in [0.15, 0.2) is 0 Å². The lowest BCUT2D eigenvalue weighted by Crippen LogP contribution is -2.35. The molecule has 0 aromatic heterocycles. The number of anilines is 1. The fourth-order valence-electron chi connectivity index (χ4n) is 2.77. The molecule has 1 aromatic rings. The van der Waals surface area contributed by atoms with Crippen molar-refractivity contribution >= 4 is 15.7 Å². The molecule has 2 atom stereocenters. The summed E-state index contributed by atoms with van der Waals surface area (Å²) in [5, 5.41) is 0. The standard InChI is InChI=1S/C15H24N2O2S/c1-12-5-4-7-14(10-9-12)17-20(18,19)11-13-6-2-3-8-15(13)16/h2-3,6,8,12,14,17H,4-5,7,9-11,16H2,1H3. The number of nitrogens with two attached hydrogens (primary N) is 1. The van der Waals surface area contributed by atoms with Crippen LogP contribution in [0.1, 0.15) is 44.6 Å². The summed E-state index contributed by atoms with van der Waals surface area (Å²) in [6, 6.07) is 7.21. The van der Waals surface area contributed by atoms with Gasteiger partial charge in [-0.15, -0.1) is 0 Å². The van der Waals surface area contributed by atoms with Crippen molar-refractivity contribution in [2.75, 3.05) is 5.73 Å². The van der Waals surface area contributed by atoms with Crippen LogP contribution < -0.4 is 10.5 Å². The van der Waals surface area contributed by atoms with Gasteiger partial charge in [-0.05, 0) is 36.8 Å². The van der Waals surface area contributed by atoms with E-state index in [1.54, 1.807) is 12.1 Å². The third kappa shape index (κ3) is 4.49. The number of sulfonamides is 1. The molecular weight excluding hydrogens is 272 g/mol. The van der Waals surface area contributed by atoms with Gasteiger partial charge in [0.1, 0.15) is 0 Å². The van der Waals surface area contributed by atoms with E-state index in [-0.39, 0.29) is 11.8 Å². The molecule has 0 spiro atoms. The molecule has 0 amide bonds. The molecule has 0 aliphatic heterocycles. The molecule has 1 aliphatic carbocycles. The van der Waals surface area contributed by atoms with E-state index in [0.29, 0.717) is 17.2 Å². The minimum Gasteiger partial charge on any atom is -0.398 e. The molecule has 3 N–H and O–H groups in total. The minimum atomic E-state index is -3.32. The Bertz CT molecular complexity index is 543. The van der Waals surface area contributed by atoms with Gasteiger partial charge in [0.05, 0.1) is 5.75 Å². The van der Waals surface area contributed by atoms with E-state index >= 15 is 0 Å². The van der Waals surface area contributed by atoms with E-state index in [0.717, 1.165) is 25.7 Å². The molecule has 1 aliphatic rings. The van der Waals surface area contributed by atoms with Gasteiger partial charge in [0.2, 0.25) is 10.0 Å². The first-order valence-electron chi connectivity index (χ1n) is 7.29. The molecule has 0 saturated heterocycles. The Labute approximate surface area is 121 Å². The van der Waals surface area contributed by atoms with E-state index < -0.39 is 10.0 Å². The second-order valence-electron chi connectivity index (χ2n) is 5.89. The summed E-state index contributed by atoms with van der Waals surface area (Å²) >= 11 is 0. The summed E-state index contributed by atoms with van der Waals surface area (Å²) in [5.74, 6) is 0.667. The highest BCUT2D eigenvalue weighted by Crippen LogP contribution is 2.23. The fraction of sp³-hybridized carbons (Fsp3) is 0.600. The van der Waals surface area contributed by atoms with Crippen LogP contribution in [-0.4, -0.2) is 14.5 Å². The Morgan fingerprint density at radius 2 is 1.95 bits per heavy atom. The number of benzene rings is 1. The number of nitrogens with one attached hydrogen (secondary N) is 1. The van der Waals surface area contributed by atoms with Crippen LogP contribution in [0.15, 0.2) is 24.3 Å². The number of hydrogen-bond donors (Lipinski definition) is 2. The lowest BCUT2D eigenvalue weighted by atomic mass is 10.0. The highest BCUT2D eigenvalue weighted by Gasteiger charge is 2.22. The Kier molecular flexibility index (Phi) is 5.05. The first-order valence-corrected chi connectivity index (χ1v) is 8.95. The molecule has 1 aromatic carbocycles. The predicted molar refractivity (Wildman–Crippen MR) is 82.7 cm³/mol. The van der Waals surface area contributed by atoms with E-state index in [1.165, 1.54) is 6.42 Å². The van der Waals surface area contributed by atoms with Gasteiger partial charge in [-0.3, -0.25) is 0 Å². The molecule has 2 rings (SSSR count). The number of rotatable bonds is 4. The zero-order valence-corrected chi connectivity index (χ0v) is 12.8. The molecule has 20 heavy (non-hydrogen) atoms. The van der Waals surface area contributed by atoms with Crippen LogP contribution in [-0.2, 0) is 15.8 Å². The van der Waals surface area contributed by atoms with Gasteiger partial charge in [-0.25, -0.2) is 13.1 Å². The molecular formula is C15H24N2O2S. The highest BCUT2D eigenvalue weighted by atomic mass is 32.2. The Balaban J connectivity index is 1.99. The van der Waals surface area contributed by atoms with E-state index in [2.05, 4.69) is 11.6 Å². The van der Waals surface area contributed by atoms with Crippen molar-refractivity contribution in [1.82, 2.24) is 4.72 Å². The van der Waals surface area contributed by atoms with Crippen LogP contribution in [0.4, 0.5) is 5.69 Å². The lowest BCUT2D eigenvalue weighted by molar-refractivity contribution is 0.484. The molecule has 112 valence electrons. The van der Waals surface area contributed by atoms with Crippen molar-refractivity contribution in [1.29, 1.82) is 0 Å². The van der Waals surface area contributed by atoms with Gasteiger partial charge in [0, 0.05) is 11.7 Å². The summed E-state index contributed by atoms with van der Waals surface area (Å²) < 4.78 is 27.3. The molecule has 4 nitrogen and oxygen atoms in total. The summed E-state index contributed by atoms with van der Waals surface area (Å²) in [6.07, 6.45) is 5.27. The van der Waals surface area contributed by atoms with Crippen molar-refractivity contribution in [2.45, 2.75) is 50.8 Å². The number of nitrogen functional groups attached to an aromatic ring is 1. The number of para-hydroxylation sites is 1. The lowest BCUT2D eigenvalue weighted by Gasteiger charge is -2.17. The first-order chi connectivity index (χ1) is 9.46. The summed E-state index contributed by atoms with van der Waals surface area (Å²) in [4.78, 5) is 0. The Morgan fingerprint density at radius 3 is 2.70 bits per heavy atom. The zero-order valence-electron chi connectivity index (χ0n) is 12.0. The maximum atomic E-state index is 12.2. The number of hydrogen-bond acceptors (Lipinski definition) is 3. The molecule has 2 unspecified atom stereocenters. The van der Waals surface area contributed by atoms with Crippen molar-refractivity contribution in [3.8, 4) is 0 Å². The van der Waals surface area contributed by atoms with Crippen LogP contribution >= 0.6 is 0 Å². The van der Waals surface area contributed by atoms with E-state index in [4.69, 9.17) is 5.73 Å². The second kappa shape index (κ2) is 6.59. The van der Waals surface area contributed by atoms with Crippen LogP contribution in [0, 0.1) is 5.92 Å². The molecule has 1 saturated carbocycles. The predicted octanol–water partition coefficient (Wildman–Crippen LogP) is 2.66. The van der Waals surface area contributed by atoms with Crippen LogP contribution in [0.25, 0.3) is 0 Å². The minimum absolute atomic E-state index is 0.0360. The normalized spacial score (nSPS) is 24.2. The van der Waals surface area contributed by atoms with Crippen molar-refractivity contribution in [3.05, 3.63) is 29.8 Å². The second-order valence-corrected chi connectivity index (χ2v) is 7.64. The fourth-order valence-corrected chi connectivity index (χ4v) is 4.27. The largest absolute Gasteiger partial charge is 0.398 e. The SMILES string of the molecule is CC1CCCC(NS(=O)(=O)Cc2ccccc2N)CC1. The van der Waals surface area contributed by atoms with Crippen molar-refractivity contribution < 1.29 is 8.42 Å². The topological polar surface area (TPSA) is 72.2 Å². The molecule has 0 radical (unpaired) electrons. The van der Waals surface area contributed by atoms with Crippen LogP contribution in [0.5, 0.6) is 0 Å². The molecule has 1 fully saturated rings. The van der Waals surface area contributed by atoms with Gasteiger partial charge < -0.3 is 5.73 Å². The van der Waals surface area contributed by atoms with Crippen LogP contribution in [0.3, 0.4) is 0 Å². The monoisotopic (exact) mass is 296 g/mol. The van der Waals surface area contributed by atoms with Gasteiger partial charge in [-0.2, -0.15) is 0 Å². The van der Waals surface area contributed by atoms with Gasteiger partial charge in [0.25, 0.3) is 0 Å². The van der Waals surface area contributed by atoms with E-state index in [1.807, 2.05) is 12.1 Å². The average molecular weight is 296 g/mol. The molecule has 0 bridgehead atoms. The van der Waals surface area contributed by atoms with Crippen molar-refractivity contribution in [3.63, 3.8) is 0 Å². The average Bonchev–Trinajstić information content (AvgIpc) is 2.57. The molecule has 5 heteroatoms. The maximum absolute atomic E-state index is 12.2. The first kappa shape index (κ1) is 15.3. The van der Waals surface area contributed by atoms with Crippen LogP contribution in [0.2, 0.25) is 0 Å². The van der Waals surface area contributed by atoms with Crippen molar-refractivity contribution in [2.24, 2.45) is 5.92 Å². The Hall–Kier alpha value is -1.07. The third-order valence-electron chi connectivity index (χ3n) is 4.00. The summed E-state index contributed by atoms with van der Waals surface area (Å²) in [7, 11) is -3.32.